The molecule has 7 nitrogen and oxygen atoms in total. The molecule has 1 amide bonds. The number of hydrogen-bond donors (Lipinski definition) is 0. The van der Waals surface area contributed by atoms with Crippen LogP contribution in [0.1, 0.15) is 34.9 Å². The molecule has 118 valence electrons. The van der Waals surface area contributed by atoms with Gasteiger partial charge in [0.15, 0.2) is 5.82 Å². The van der Waals surface area contributed by atoms with E-state index in [9.17, 15) is 4.79 Å². The minimum atomic E-state index is -0.00385. The lowest BCUT2D eigenvalue weighted by molar-refractivity contribution is 0.00249. The molecule has 0 N–H and O–H groups in total. The fourth-order valence-corrected chi connectivity index (χ4v) is 2.59. The lowest BCUT2D eigenvalue weighted by Crippen LogP contribution is -2.43. The third kappa shape index (κ3) is 3.54. The second kappa shape index (κ2) is 6.74. The van der Waals surface area contributed by atoms with E-state index in [4.69, 9.17) is 13.7 Å². The molecule has 3 heterocycles. The smallest absolute Gasteiger partial charge is 0.257 e. The van der Waals surface area contributed by atoms with Gasteiger partial charge >= 0.3 is 0 Å². The highest BCUT2D eigenvalue weighted by Gasteiger charge is 2.25. The van der Waals surface area contributed by atoms with Crippen LogP contribution in [0, 0.1) is 6.92 Å². The Balaban J connectivity index is 1.47. The molecule has 0 spiro atoms. The van der Waals surface area contributed by atoms with E-state index in [0.717, 1.165) is 19.4 Å². The predicted octanol–water partition coefficient (Wildman–Crippen LogP) is 1.83. The van der Waals surface area contributed by atoms with Gasteiger partial charge in [-0.1, -0.05) is 5.16 Å². The van der Waals surface area contributed by atoms with Crippen LogP contribution in [0.5, 0.6) is 0 Å². The molecule has 0 saturated carbocycles. The number of rotatable bonds is 5. The summed E-state index contributed by atoms with van der Waals surface area (Å²) in [7, 11) is 0. The van der Waals surface area contributed by atoms with Crippen molar-refractivity contribution in [1.29, 1.82) is 0 Å². The number of carbonyl (C=O) groups is 1. The van der Waals surface area contributed by atoms with E-state index in [0.29, 0.717) is 36.9 Å². The van der Waals surface area contributed by atoms with Gasteiger partial charge in [-0.05, 0) is 18.9 Å². The average Bonchev–Trinajstić information content (AvgIpc) is 3.19. The van der Waals surface area contributed by atoms with Crippen LogP contribution in [0.4, 0.5) is 0 Å². The Labute approximate surface area is 128 Å². The highest BCUT2D eigenvalue weighted by Crippen LogP contribution is 2.16. The first-order chi connectivity index (χ1) is 10.7. The number of piperidine rings is 1. The summed E-state index contributed by atoms with van der Waals surface area (Å²) < 4.78 is 15.7. The van der Waals surface area contributed by atoms with Crippen LogP contribution >= 0.6 is 0 Å². The molecule has 1 aliphatic rings. The van der Waals surface area contributed by atoms with Gasteiger partial charge < -0.3 is 18.6 Å². The fraction of sp³-hybridized carbons (Fsp3) is 0.533. The van der Waals surface area contributed by atoms with Gasteiger partial charge in [0.05, 0.1) is 24.5 Å². The second-order valence-electron chi connectivity index (χ2n) is 5.38. The molecule has 0 bridgehead atoms. The van der Waals surface area contributed by atoms with Gasteiger partial charge in [0, 0.05) is 26.4 Å². The zero-order chi connectivity index (χ0) is 15.4. The van der Waals surface area contributed by atoms with Crippen LogP contribution in [0.25, 0.3) is 0 Å². The maximum Gasteiger partial charge on any atom is 0.257 e. The lowest BCUT2D eigenvalue weighted by atomic mass is 10.1. The number of aromatic nitrogens is 2. The molecule has 22 heavy (non-hydrogen) atoms. The van der Waals surface area contributed by atoms with Crippen LogP contribution in [0.15, 0.2) is 27.5 Å². The number of carbonyl (C=O) groups excluding carboxylic acids is 1. The van der Waals surface area contributed by atoms with Crippen LogP contribution in [-0.4, -0.2) is 46.7 Å². The highest BCUT2D eigenvalue weighted by molar-refractivity contribution is 5.93. The second-order valence-corrected chi connectivity index (χ2v) is 5.38. The first-order valence-corrected chi connectivity index (χ1v) is 7.44. The third-order valence-electron chi connectivity index (χ3n) is 3.68. The molecular formula is C15H19N3O4. The van der Waals surface area contributed by atoms with Crippen molar-refractivity contribution >= 4 is 5.91 Å². The number of likely N-dealkylation sites (tertiary alicyclic amines) is 1. The summed E-state index contributed by atoms with van der Waals surface area (Å²) in [6.45, 7) is 3.65. The van der Waals surface area contributed by atoms with E-state index in [1.54, 1.807) is 13.0 Å². The average molecular weight is 305 g/mol. The van der Waals surface area contributed by atoms with E-state index in [1.807, 2.05) is 4.90 Å². The van der Waals surface area contributed by atoms with Crippen LogP contribution in [0.2, 0.25) is 0 Å². The quantitative estimate of drug-likeness (QED) is 0.838. The van der Waals surface area contributed by atoms with Crippen molar-refractivity contribution in [3.05, 3.63) is 35.9 Å². The fourth-order valence-electron chi connectivity index (χ4n) is 2.59. The number of amides is 1. The van der Waals surface area contributed by atoms with E-state index >= 15 is 0 Å². The van der Waals surface area contributed by atoms with Gasteiger partial charge in [0.1, 0.15) is 6.26 Å². The van der Waals surface area contributed by atoms with E-state index in [2.05, 4.69) is 10.1 Å². The molecule has 2 aromatic rings. The molecule has 1 aliphatic heterocycles. The normalized spacial score (nSPS) is 18.6. The summed E-state index contributed by atoms with van der Waals surface area (Å²) in [6, 6.07) is 1.69. The molecule has 0 aliphatic carbocycles. The Morgan fingerprint density at radius 2 is 2.45 bits per heavy atom. The van der Waals surface area contributed by atoms with Crippen molar-refractivity contribution in [2.24, 2.45) is 0 Å². The first kappa shape index (κ1) is 14.8. The van der Waals surface area contributed by atoms with Crippen LogP contribution in [-0.2, 0) is 11.2 Å². The number of ether oxygens (including phenoxy) is 1. The van der Waals surface area contributed by atoms with Gasteiger partial charge in [-0.2, -0.15) is 4.98 Å². The van der Waals surface area contributed by atoms with Crippen molar-refractivity contribution < 1.29 is 18.5 Å². The summed E-state index contributed by atoms with van der Waals surface area (Å²) in [5.74, 6) is 1.21. The van der Waals surface area contributed by atoms with E-state index in [1.165, 1.54) is 12.5 Å². The molecule has 1 atom stereocenters. The standard InChI is InChI=1S/C15H19N3O4/c1-11-16-14(17-22-11)5-8-21-13-3-2-6-18(9-13)15(19)12-4-7-20-10-12/h4,7,10,13H,2-3,5-6,8-9H2,1H3. The number of hydrogen-bond acceptors (Lipinski definition) is 6. The zero-order valence-corrected chi connectivity index (χ0v) is 12.5. The van der Waals surface area contributed by atoms with E-state index in [-0.39, 0.29) is 12.0 Å². The van der Waals surface area contributed by atoms with Crippen LogP contribution < -0.4 is 0 Å². The summed E-state index contributed by atoms with van der Waals surface area (Å²) >= 11 is 0. The molecular weight excluding hydrogens is 286 g/mol. The van der Waals surface area contributed by atoms with E-state index < -0.39 is 0 Å². The van der Waals surface area contributed by atoms with Crippen molar-refractivity contribution in [1.82, 2.24) is 15.0 Å². The van der Waals surface area contributed by atoms with Gasteiger partial charge in [0.2, 0.25) is 5.89 Å². The predicted molar refractivity (Wildman–Crippen MR) is 76.3 cm³/mol. The van der Waals surface area contributed by atoms with Gasteiger partial charge in [-0.3, -0.25) is 4.79 Å². The maximum absolute atomic E-state index is 12.3. The molecule has 1 fully saturated rings. The molecule has 0 radical (unpaired) electrons. The molecule has 0 aromatic carbocycles. The summed E-state index contributed by atoms with van der Waals surface area (Å²) in [6.07, 6.45) is 5.56. The van der Waals surface area contributed by atoms with Crippen molar-refractivity contribution in [3.63, 3.8) is 0 Å². The number of nitrogens with zero attached hydrogens (tertiary/aromatic N) is 3. The summed E-state index contributed by atoms with van der Waals surface area (Å²) in [5, 5.41) is 3.83. The Morgan fingerprint density at radius 1 is 1.55 bits per heavy atom. The first-order valence-electron chi connectivity index (χ1n) is 7.44. The highest BCUT2D eigenvalue weighted by atomic mass is 16.5. The number of furan rings is 1. The van der Waals surface area contributed by atoms with Crippen molar-refractivity contribution in [2.45, 2.75) is 32.3 Å². The third-order valence-corrected chi connectivity index (χ3v) is 3.68. The van der Waals surface area contributed by atoms with Gasteiger partial charge in [0.25, 0.3) is 5.91 Å². The molecule has 1 saturated heterocycles. The molecule has 2 aromatic heterocycles. The minimum absolute atomic E-state index is 0.00385. The maximum atomic E-state index is 12.3. The lowest BCUT2D eigenvalue weighted by Gasteiger charge is -2.32. The topological polar surface area (TPSA) is 81.6 Å². The van der Waals surface area contributed by atoms with Crippen molar-refractivity contribution in [2.75, 3.05) is 19.7 Å². The Morgan fingerprint density at radius 3 is 3.18 bits per heavy atom. The Hall–Kier alpha value is -2.15. The summed E-state index contributed by atoms with van der Waals surface area (Å²) in [4.78, 5) is 18.2. The molecule has 7 heteroatoms. The monoisotopic (exact) mass is 305 g/mol. The largest absolute Gasteiger partial charge is 0.472 e. The SMILES string of the molecule is Cc1nc(CCOC2CCCN(C(=O)c3ccoc3)C2)no1. The minimum Gasteiger partial charge on any atom is -0.472 e. The molecule has 1 unspecified atom stereocenters. The van der Waals surface area contributed by atoms with Gasteiger partial charge in [-0.25, -0.2) is 0 Å². The zero-order valence-electron chi connectivity index (χ0n) is 12.5. The molecule has 3 rings (SSSR count). The summed E-state index contributed by atoms with van der Waals surface area (Å²) in [5.41, 5.74) is 0.586. The Kier molecular flexibility index (Phi) is 4.53. The van der Waals surface area contributed by atoms with Crippen molar-refractivity contribution in [3.8, 4) is 0 Å². The van der Waals surface area contributed by atoms with Crippen LogP contribution in [0.3, 0.4) is 0 Å². The van der Waals surface area contributed by atoms with Gasteiger partial charge in [-0.15, -0.1) is 0 Å². The number of aryl methyl sites for hydroxylation is 1. The Bertz CT molecular complexity index is 608.